The van der Waals surface area contributed by atoms with Crippen LogP contribution < -0.4 is 11.1 Å². The van der Waals surface area contributed by atoms with Gasteiger partial charge in [0.15, 0.2) is 0 Å². The summed E-state index contributed by atoms with van der Waals surface area (Å²) in [6.07, 6.45) is 2.08. The third-order valence-corrected chi connectivity index (χ3v) is 1.80. The van der Waals surface area contributed by atoms with Crippen LogP contribution >= 0.6 is 0 Å². The number of aliphatic hydroxyl groups is 1. The third kappa shape index (κ3) is 1.93. The summed E-state index contributed by atoms with van der Waals surface area (Å²) in [7, 11) is 0. The number of hydrogen-bond acceptors (Lipinski definition) is 3. The average Bonchev–Trinajstić information content (AvgIpc) is 1.88. The van der Waals surface area contributed by atoms with Crippen LogP contribution in [0.25, 0.3) is 0 Å². The van der Waals surface area contributed by atoms with Crippen LogP contribution in [0.4, 0.5) is 0 Å². The van der Waals surface area contributed by atoms with Gasteiger partial charge in [-0.3, -0.25) is 0 Å². The fourth-order valence-electron chi connectivity index (χ4n) is 1.20. The van der Waals surface area contributed by atoms with E-state index < -0.39 is 0 Å². The van der Waals surface area contributed by atoms with Crippen LogP contribution in [0.3, 0.4) is 0 Å². The maximum absolute atomic E-state index is 8.73. The lowest BCUT2D eigenvalue weighted by Gasteiger charge is -2.25. The highest BCUT2D eigenvalue weighted by molar-refractivity contribution is 4.72. The first kappa shape index (κ1) is 6.99. The van der Waals surface area contributed by atoms with Gasteiger partial charge < -0.3 is 16.2 Å². The molecule has 0 saturated carbocycles. The van der Waals surface area contributed by atoms with Crippen molar-refractivity contribution in [3.05, 3.63) is 0 Å². The predicted molar refractivity (Wildman–Crippen MR) is 35.8 cm³/mol. The van der Waals surface area contributed by atoms with Crippen molar-refractivity contribution < 1.29 is 5.11 Å². The van der Waals surface area contributed by atoms with Crippen molar-refractivity contribution in [3.8, 4) is 0 Å². The highest BCUT2D eigenvalue weighted by atomic mass is 16.3. The van der Waals surface area contributed by atoms with Gasteiger partial charge in [0.25, 0.3) is 0 Å². The molecule has 3 heteroatoms. The van der Waals surface area contributed by atoms with E-state index in [0.717, 1.165) is 19.4 Å². The number of piperidine rings is 1. The van der Waals surface area contributed by atoms with Crippen molar-refractivity contribution >= 4 is 0 Å². The summed E-state index contributed by atoms with van der Waals surface area (Å²) in [6, 6.07) is 0. The molecule has 1 aliphatic rings. The quantitative estimate of drug-likeness (QED) is 0.438. The SMILES string of the molecule is NC1CC(CO)CCN1. The Bertz CT molecular complexity index is 87.1. The number of nitrogens with one attached hydrogen (secondary N) is 1. The standard InChI is InChI=1S/C6H14N2O/c7-6-3-5(4-9)1-2-8-6/h5-6,8-9H,1-4,7H2. The fraction of sp³-hybridized carbons (Fsp3) is 1.00. The minimum Gasteiger partial charge on any atom is -0.396 e. The molecule has 0 aliphatic carbocycles. The monoisotopic (exact) mass is 130 g/mol. The van der Waals surface area contributed by atoms with Crippen molar-refractivity contribution in [2.75, 3.05) is 13.2 Å². The van der Waals surface area contributed by atoms with Gasteiger partial charge in [-0.15, -0.1) is 0 Å². The molecule has 0 aromatic carbocycles. The zero-order valence-electron chi connectivity index (χ0n) is 5.51. The van der Waals surface area contributed by atoms with E-state index in [4.69, 9.17) is 10.8 Å². The van der Waals surface area contributed by atoms with Crippen LogP contribution in [0.1, 0.15) is 12.8 Å². The molecule has 1 aliphatic heterocycles. The fourth-order valence-corrected chi connectivity index (χ4v) is 1.20. The zero-order chi connectivity index (χ0) is 6.69. The Labute approximate surface area is 55.2 Å². The van der Waals surface area contributed by atoms with Crippen LogP contribution in [-0.2, 0) is 0 Å². The Morgan fingerprint density at radius 2 is 2.44 bits per heavy atom. The molecule has 1 heterocycles. The molecule has 1 fully saturated rings. The van der Waals surface area contributed by atoms with Gasteiger partial charge in [0.05, 0.1) is 6.17 Å². The summed E-state index contributed by atoms with van der Waals surface area (Å²) in [5.74, 6) is 0.432. The first-order chi connectivity index (χ1) is 4.33. The number of hydrogen-bond donors (Lipinski definition) is 3. The molecule has 1 rings (SSSR count). The molecular formula is C6H14N2O. The Morgan fingerprint density at radius 3 is 2.89 bits per heavy atom. The van der Waals surface area contributed by atoms with Gasteiger partial charge in [0.2, 0.25) is 0 Å². The minimum absolute atomic E-state index is 0.107. The van der Waals surface area contributed by atoms with Crippen LogP contribution in [0, 0.1) is 5.92 Å². The largest absolute Gasteiger partial charge is 0.396 e. The normalized spacial score (nSPS) is 36.7. The molecule has 0 bridgehead atoms. The summed E-state index contributed by atoms with van der Waals surface area (Å²) < 4.78 is 0. The van der Waals surface area contributed by atoms with Gasteiger partial charge in [0, 0.05) is 6.61 Å². The topological polar surface area (TPSA) is 58.3 Å². The molecular weight excluding hydrogens is 116 g/mol. The molecule has 0 aromatic heterocycles. The number of aliphatic hydroxyl groups excluding tert-OH is 1. The second kappa shape index (κ2) is 3.15. The van der Waals surface area contributed by atoms with Gasteiger partial charge in [0.1, 0.15) is 0 Å². The third-order valence-electron chi connectivity index (χ3n) is 1.80. The maximum atomic E-state index is 8.73. The Morgan fingerprint density at radius 1 is 1.67 bits per heavy atom. The number of rotatable bonds is 1. The first-order valence-electron chi connectivity index (χ1n) is 3.42. The molecule has 0 spiro atoms. The minimum atomic E-state index is 0.107. The highest BCUT2D eigenvalue weighted by Gasteiger charge is 2.16. The van der Waals surface area contributed by atoms with Crippen LogP contribution in [0.2, 0.25) is 0 Å². The van der Waals surface area contributed by atoms with E-state index in [2.05, 4.69) is 5.32 Å². The molecule has 0 radical (unpaired) electrons. The van der Waals surface area contributed by atoms with Crippen LogP contribution in [0.15, 0.2) is 0 Å². The molecule has 0 aromatic rings. The van der Waals surface area contributed by atoms with Crippen LogP contribution in [0.5, 0.6) is 0 Å². The van der Waals surface area contributed by atoms with Crippen LogP contribution in [-0.4, -0.2) is 24.4 Å². The van der Waals surface area contributed by atoms with Crippen molar-refractivity contribution in [2.45, 2.75) is 19.0 Å². The predicted octanol–water partition coefficient (Wildman–Crippen LogP) is -0.737. The molecule has 9 heavy (non-hydrogen) atoms. The number of nitrogens with two attached hydrogens (primary N) is 1. The average molecular weight is 130 g/mol. The van der Waals surface area contributed by atoms with Crippen molar-refractivity contribution in [3.63, 3.8) is 0 Å². The van der Waals surface area contributed by atoms with Gasteiger partial charge in [-0.1, -0.05) is 0 Å². The first-order valence-corrected chi connectivity index (χ1v) is 3.42. The second-order valence-corrected chi connectivity index (χ2v) is 2.63. The lowest BCUT2D eigenvalue weighted by Crippen LogP contribution is -2.44. The van der Waals surface area contributed by atoms with Gasteiger partial charge in [-0.2, -0.15) is 0 Å². The smallest absolute Gasteiger partial charge is 0.0549 e. The molecule has 4 N–H and O–H groups in total. The summed E-state index contributed by atoms with van der Waals surface area (Å²) >= 11 is 0. The van der Waals surface area contributed by atoms with E-state index in [1.54, 1.807) is 0 Å². The van der Waals surface area contributed by atoms with E-state index in [0.29, 0.717) is 5.92 Å². The van der Waals surface area contributed by atoms with E-state index in [1.165, 1.54) is 0 Å². The van der Waals surface area contributed by atoms with Gasteiger partial charge >= 0.3 is 0 Å². The molecule has 54 valence electrons. The zero-order valence-corrected chi connectivity index (χ0v) is 5.51. The Balaban J connectivity index is 2.23. The molecule has 2 unspecified atom stereocenters. The maximum Gasteiger partial charge on any atom is 0.0549 e. The summed E-state index contributed by atoms with van der Waals surface area (Å²) in [5.41, 5.74) is 5.58. The summed E-state index contributed by atoms with van der Waals surface area (Å²) in [4.78, 5) is 0. The Hall–Kier alpha value is -0.120. The van der Waals surface area contributed by atoms with E-state index in [1.807, 2.05) is 0 Å². The lowest BCUT2D eigenvalue weighted by molar-refractivity contribution is 0.177. The Kier molecular flexibility index (Phi) is 2.45. The van der Waals surface area contributed by atoms with E-state index in [-0.39, 0.29) is 12.8 Å². The molecule has 2 atom stereocenters. The van der Waals surface area contributed by atoms with E-state index in [9.17, 15) is 0 Å². The van der Waals surface area contributed by atoms with Gasteiger partial charge in [-0.25, -0.2) is 0 Å². The molecule has 1 saturated heterocycles. The van der Waals surface area contributed by atoms with Crippen molar-refractivity contribution in [1.82, 2.24) is 5.32 Å². The molecule has 0 amide bonds. The second-order valence-electron chi connectivity index (χ2n) is 2.63. The van der Waals surface area contributed by atoms with Gasteiger partial charge in [-0.05, 0) is 25.3 Å². The highest BCUT2D eigenvalue weighted by Crippen LogP contribution is 2.11. The summed E-state index contributed by atoms with van der Waals surface area (Å²) in [6.45, 7) is 1.24. The van der Waals surface area contributed by atoms with E-state index >= 15 is 0 Å². The molecule has 3 nitrogen and oxygen atoms in total. The van der Waals surface area contributed by atoms with Crippen molar-refractivity contribution in [1.29, 1.82) is 0 Å². The lowest BCUT2D eigenvalue weighted by atomic mass is 9.97. The van der Waals surface area contributed by atoms with Crippen molar-refractivity contribution in [2.24, 2.45) is 11.7 Å². The summed E-state index contributed by atoms with van der Waals surface area (Å²) in [5, 5.41) is 11.8.